The molecule has 0 bridgehead atoms. The van der Waals surface area contributed by atoms with Crippen LogP contribution in [-0.4, -0.2) is 61.6 Å². The van der Waals surface area contributed by atoms with E-state index in [9.17, 15) is 4.79 Å². The maximum absolute atomic E-state index is 12.6. The lowest BCUT2D eigenvalue weighted by Crippen LogP contribution is -2.44. The number of benzene rings is 1. The molecule has 0 spiro atoms. The van der Waals surface area contributed by atoms with Crippen molar-refractivity contribution in [2.45, 2.75) is 58.1 Å². The first kappa shape index (κ1) is 23.9. The quantitative estimate of drug-likeness (QED) is 0.481. The van der Waals surface area contributed by atoms with Crippen LogP contribution in [0.1, 0.15) is 32.0 Å². The van der Waals surface area contributed by atoms with Crippen LogP contribution >= 0.6 is 23.1 Å². The predicted octanol–water partition coefficient (Wildman–Crippen LogP) is 4.07. The Hall–Kier alpha value is -2.27. The molecule has 0 radical (unpaired) electrons. The molecule has 33 heavy (non-hydrogen) atoms. The number of aryl methyl sites for hydroxylation is 1. The third-order valence-corrected chi connectivity index (χ3v) is 7.20. The summed E-state index contributed by atoms with van der Waals surface area (Å²) in [6, 6.07) is 8.12. The molecule has 1 N–H and O–H groups in total. The minimum atomic E-state index is -0.0994. The molecule has 1 aromatic carbocycles. The van der Waals surface area contributed by atoms with E-state index < -0.39 is 0 Å². The van der Waals surface area contributed by atoms with Crippen LogP contribution in [-0.2, 0) is 22.6 Å². The fraction of sp³-hybridized carbons (Fsp3) is 0.478. The van der Waals surface area contributed by atoms with E-state index in [1.54, 1.807) is 0 Å². The Bertz CT molecular complexity index is 1090. The third-order valence-electron chi connectivity index (χ3n) is 5.43. The first-order valence-corrected chi connectivity index (χ1v) is 13.0. The molecule has 10 heteroatoms. The van der Waals surface area contributed by atoms with Crippen LogP contribution in [0.15, 0.2) is 34.8 Å². The van der Waals surface area contributed by atoms with Crippen molar-refractivity contribution in [3.63, 3.8) is 0 Å². The van der Waals surface area contributed by atoms with E-state index in [2.05, 4.69) is 59.2 Å². The minimum absolute atomic E-state index is 0.0994. The lowest BCUT2D eigenvalue weighted by molar-refractivity contribution is -0.113. The van der Waals surface area contributed by atoms with Gasteiger partial charge < -0.3 is 14.6 Å². The molecule has 0 aliphatic carbocycles. The second-order valence-corrected chi connectivity index (χ2v) is 10.1. The summed E-state index contributed by atoms with van der Waals surface area (Å²) >= 11 is 2.85. The molecule has 8 nitrogen and oxygen atoms in total. The van der Waals surface area contributed by atoms with Gasteiger partial charge in [-0.1, -0.05) is 36.0 Å². The number of morpholine rings is 1. The number of thioether (sulfide) groups is 1. The fourth-order valence-corrected chi connectivity index (χ4v) is 5.59. The summed E-state index contributed by atoms with van der Waals surface area (Å²) in [7, 11) is 0. The molecule has 1 aliphatic rings. The van der Waals surface area contributed by atoms with Crippen LogP contribution in [0.5, 0.6) is 0 Å². The number of ether oxygens (including phenoxy) is 1. The maximum Gasteiger partial charge on any atom is 0.236 e. The van der Waals surface area contributed by atoms with Crippen molar-refractivity contribution in [2.24, 2.45) is 0 Å². The molecule has 4 rings (SSSR count). The average molecular weight is 487 g/mol. The van der Waals surface area contributed by atoms with Crippen LogP contribution in [0.4, 0.5) is 5.13 Å². The molecule has 1 amide bonds. The number of amides is 1. The summed E-state index contributed by atoms with van der Waals surface area (Å²) in [6.45, 7) is 11.6. The number of hydrogen-bond donors (Lipinski definition) is 1. The van der Waals surface area contributed by atoms with Crippen molar-refractivity contribution in [1.82, 2.24) is 24.6 Å². The molecule has 3 aromatic rings. The number of hydrogen-bond acceptors (Lipinski definition) is 8. The molecular weight excluding hydrogens is 456 g/mol. The van der Waals surface area contributed by atoms with Gasteiger partial charge in [-0.3, -0.25) is 9.69 Å². The molecule has 1 fully saturated rings. The van der Waals surface area contributed by atoms with Gasteiger partial charge in [0.15, 0.2) is 16.1 Å². The Balaban J connectivity index is 1.33. The molecule has 1 saturated heterocycles. The Morgan fingerprint density at radius 3 is 2.73 bits per heavy atom. The second kappa shape index (κ2) is 10.8. The number of nitrogens with one attached hydrogen (secondary N) is 1. The van der Waals surface area contributed by atoms with Gasteiger partial charge in [-0.25, -0.2) is 4.98 Å². The number of carbonyl (C=O) groups is 1. The zero-order chi connectivity index (χ0) is 23.4. The molecule has 2 atom stereocenters. The van der Waals surface area contributed by atoms with Gasteiger partial charge in [0.2, 0.25) is 5.91 Å². The largest absolute Gasteiger partial charge is 0.373 e. The summed E-state index contributed by atoms with van der Waals surface area (Å²) in [5, 5.41) is 15.0. The van der Waals surface area contributed by atoms with E-state index in [-0.39, 0.29) is 23.9 Å². The number of thiazole rings is 1. The zero-order valence-corrected chi connectivity index (χ0v) is 21.1. The van der Waals surface area contributed by atoms with Crippen molar-refractivity contribution in [1.29, 1.82) is 0 Å². The summed E-state index contributed by atoms with van der Waals surface area (Å²) < 4.78 is 7.84. The van der Waals surface area contributed by atoms with E-state index in [4.69, 9.17) is 4.74 Å². The number of nitrogens with zero attached hydrogens (tertiary/aromatic N) is 5. The van der Waals surface area contributed by atoms with Crippen LogP contribution in [0, 0.1) is 6.92 Å². The van der Waals surface area contributed by atoms with Gasteiger partial charge in [0, 0.05) is 37.1 Å². The molecule has 2 aromatic heterocycles. The smallest absolute Gasteiger partial charge is 0.236 e. The molecule has 176 valence electrons. The minimum Gasteiger partial charge on any atom is -0.373 e. The SMILES string of the molecule is CCn1c(SCC(=O)Nc2nc(CN3CC(C)OC(C)C3)cs2)nnc1-c1ccccc1C. The molecule has 3 heterocycles. The zero-order valence-electron chi connectivity index (χ0n) is 19.4. The topological polar surface area (TPSA) is 85.2 Å². The maximum atomic E-state index is 12.6. The van der Waals surface area contributed by atoms with Gasteiger partial charge in [-0.05, 0) is 33.3 Å². The first-order chi connectivity index (χ1) is 15.9. The van der Waals surface area contributed by atoms with Crippen molar-refractivity contribution in [3.05, 3.63) is 40.9 Å². The number of carbonyl (C=O) groups excluding carboxylic acids is 1. The standard InChI is InChI=1S/C23H30N6O2S2/c1-5-29-21(19-9-7-6-8-15(19)2)26-27-23(29)33-14-20(30)25-22-24-18(13-32-22)12-28-10-16(3)31-17(4)11-28/h6-9,13,16-17H,5,10-12,14H2,1-4H3,(H,24,25,30). The van der Waals surface area contributed by atoms with Gasteiger partial charge >= 0.3 is 0 Å². The Labute approximate surface area is 202 Å². The van der Waals surface area contributed by atoms with Crippen molar-refractivity contribution < 1.29 is 9.53 Å². The van der Waals surface area contributed by atoms with Crippen molar-refractivity contribution in [2.75, 3.05) is 24.2 Å². The first-order valence-electron chi connectivity index (χ1n) is 11.2. The van der Waals surface area contributed by atoms with Gasteiger partial charge in [-0.15, -0.1) is 21.5 Å². The highest BCUT2D eigenvalue weighted by atomic mass is 32.2. The second-order valence-electron chi connectivity index (χ2n) is 8.30. The molecule has 0 saturated carbocycles. The Kier molecular flexibility index (Phi) is 7.79. The van der Waals surface area contributed by atoms with Crippen LogP contribution < -0.4 is 5.32 Å². The lowest BCUT2D eigenvalue weighted by Gasteiger charge is -2.34. The van der Waals surface area contributed by atoms with E-state index in [1.807, 2.05) is 28.1 Å². The Morgan fingerprint density at radius 1 is 1.24 bits per heavy atom. The number of anilines is 1. The van der Waals surface area contributed by atoms with E-state index >= 15 is 0 Å². The summed E-state index contributed by atoms with van der Waals surface area (Å²) in [4.78, 5) is 19.5. The van der Waals surface area contributed by atoms with Crippen molar-refractivity contribution >= 4 is 34.1 Å². The highest BCUT2D eigenvalue weighted by molar-refractivity contribution is 7.99. The highest BCUT2D eigenvalue weighted by Gasteiger charge is 2.23. The Morgan fingerprint density at radius 2 is 2.00 bits per heavy atom. The normalized spacial score (nSPS) is 19.0. The lowest BCUT2D eigenvalue weighted by atomic mass is 10.1. The number of rotatable bonds is 8. The van der Waals surface area contributed by atoms with Crippen LogP contribution in [0.3, 0.4) is 0 Å². The average Bonchev–Trinajstić information content (AvgIpc) is 3.38. The highest BCUT2D eigenvalue weighted by Crippen LogP contribution is 2.26. The molecule has 2 unspecified atom stereocenters. The summed E-state index contributed by atoms with van der Waals surface area (Å²) in [6.07, 6.45) is 0.445. The summed E-state index contributed by atoms with van der Waals surface area (Å²) in [5.74, 6) is 0.978. The molecular formula is C23H30N6O2S2. The van der Waals surface area contributed by atoms with Gasteiger partial charge in [0.25, 0.3) is 0 Å². The van der Waals surface area contributed by atoms with Crippen LogP contribution in [0.2, 0.25) is 0 Å². The van der Waals surface area contributed by atoms with Crippen LogP contribution in [0.25, 0.3) is 11.4 Å². The monoisotopic (exact) mass is 486 g/mol. The van der Waals surface area contributed by atoms with Crippen molar-refractivity contribution in [3.8, 4) is 11.4 Å². The third kappa shape index (κ3) is 6.00. The van der Waals surface area contributed by atoms with E-state index in [0.29, 0.717) is 5.13 Å². The number of aromatic nitrogens is 4. The molecule has 1 aliphatic heterocycles. The van der Waals surface area contributed by atoms with Gasteiger partial charge in [0.05, 0.1) is 23.7 Å². The predicted molar refractivity (Wildman–Crippen MR) is 133 cm³/mol. The van der Waals surface area contributed by atoms with E-state index in [0.717, 1.165) is 54.0 Å². The van der Waals surface area contributed by atoms with E-state index in [1.165, 1.54) is 23.1 Å². The van der Waals surface area contributed by atoms with Gasteiger partial charge in [0.1, 0.15) is 0 Å². The summed E-state index contributed by atoms with van der Waals surface area (Å²) in [5.41, 5.74) is 3.18. The van der Waals surface area contributed by atoms with Gasteiger partial charge in [-0.2, -0.15) is 0 Å². The fourth-order valence-electron chi connectivity index (χ4n) is 4.07.